The van der Waals surface area contributed by atoms with E-state index in [2.05, 4.69) is 10.2 Å². The number of nitrogens with two attached hydrogens (primary N) is 1. The molecule has 0 radical (unpaired) electrons. The van der Waals surface area contributed by atoms with E-state index in [-0.39, 0.29) is 6.04 Å². The highest BCUT2D eigenvalue weighted by atomic mass is 35.5. The molecule has 5 nitrogen and oxygen atoms in total. The van der Waals surface area contributed by atoms with Crippen LogP contribution in [-0.2, 0) is 6.42 Å². The molecule has 1 aromatic heterocycles. The van der Waals surface area contributed by atoms with E-state index in [0.29, 0.717) is 28.0 Å². The normalized spacial score (nSPS) is 14.7. The summed E-state index contributed by atoms with van der Waals surface area (Å²) < 4.78 is 1.72. The Bertz CT molecular complexity index is 971. The fraction of sp³-hybridized carbons (Fsp3) is 0.167. The molecule has 1 atom stereocenters. The van der Waals surface area contributed by atoms with Gasteiger partial charge in [0.1, 0.15) is 0 Å². The van der Waals surface area contributed by atoms with Gasteiger partial charge in [-0.15, -0.1) is 10.2 Å². The monoisotopic (exact) mass is 403 g/mol. The van der Waals surface area contributed by atoms with Crippen LogP contribution in [0.4, 0.5) is 0 Å². The topological polar surface area (TPSA) is 69.1 Å². The summed E-state index contributed by atoms with van der Waals surface area (Å²) in [6.07, 6.45) is 0.663. The molecule has 1 unspecified atom stereocenters. The van der Waals surface area contributed by atoms with Crippen molar-refractivity contribution >= 4 is 40.7 Å². The highest BCUT2D eigenvalue weighted by Gasteiger charge is 2.24. The molecule has 4 rings (SSSR count). The van der Waals surface area contributed by atoms with Crippen LogP contribution in [-0.4, -0.2) is 26.3 Å². The van der Waals surface area contributed by atoms with Gasteiger partial charge in [-0.3, -0.25) is 0 Å². The fourth-order valence-corrected chi connectivity index (χ4v) is 4.14. The molecular weight excluding hydrogens is 389 g/mol. The van der Waals surface area contributed by atoms with Crippen LogP contribution in [0.2, 0.25) is 10.0 Å². The minimum Gasteiger partial charge on any atom is -0.321 e. The number of fused-ring (bicyclic) bond motifs is 1. The third kappa shape index (κ3) is 3.50. The Hall–Kier alpha value is -1.86. The summed E-state index contributed by atoms with van der Waals surface area (Å²) in [5.74, 6) is 1.30. The molecule has 1 aliphatic heterocycles. The maximum absolute atomic E-state index is 6.38. The summed E-state index contributed by atoms with van der Waals surface area (Å²) in [6, 6.07) is 15.2. The molecule has 2 aromatic carbocycles. The first-order valence-electron chi connectivity index (χ1n) is 8.02. The number of thioether (sulfide) groups is 1. The highest BCUT2D eigenvalue weighted by Crippen LogP contribution is 2.29. The second-order valence-corrected chi connectivity index (χ2v) is 7.69. The molecule has 0 fully saturated rings. The Morgan fingerprint density at radius 1 is 1.12 bits per heavy atom. The largest absolute Gasteiger partial charge is 0.321 e. The summed E-state index contributed by atoms with van der Waals surface area (Å²) >= 11 is 13.9. The van der Waals surface area contributed by atoms with Gasteiger partial charge in [-0.1, -0.05) is 71.4 Å². The molecule has 0 bridgehead atoms. The number of rotatable bonds is 4. The molecule has 1 aliphatic rings. The fourth-order valence-electron chi connectivity index (χ4n) is 2.79. The second-order valence-electron chi connectivity index (χ2n) is 5.91. The van der Waals surface area contributed by atoms with E-state index in [9.17, 15) is 0 Å². The molecular formula is C18H15Cl2N5S. The predicted molar refractivity (Wildman–Crippen MR) is 106 cm³/mol. The predicted octanol–water partition coefficient (Wildman–Crippen LogP) is 4.19. The van der Waals surface area contributed by atoms with E-state index >= 15 is 0 Å². The van der Waals surface area contributed by atoms with Crippen LogP contribution in [0, 0.1) is 0 Å². The minimum atomic E-state index is -0.303. The van der Waals surface area contributed by atoms with E-state index in [1.807, 2.05) is 36.4 Å². The lowest BCUT2D eigenvalue weighted by Crippen LogP contribution is -2.21. The lowest BCUT2D eigenvalue weighted by molar-refractivity contribution is 0.606. The SMILES string of the molecule is NC(Cc1ccccc1)c1nnc2n1N=C(c1ccc(Cl)cc1Cl)CS2. The van der Waals surface area contributed by atoms with Crippen LogP contribution in [0.15, 0.2) is 58.8 Å². The molecule has 26 heavy (non-hydrogen) atoms. The zero-order valence-electron chi connectivity index (χ0n) is 13.6. The van der Waals surface area contributed by atoms with Crippen molar-refractivity contribution in [3.8, 4) is 0 Å². The standard InChI is InChI=1S/C18H15Cl2N5S/c19-12-6-7-13(14(20)9-12)16-10-26-18-23-22-17(25(18)24-16)15(21)8-11-4-2-1-3-5-11/h1-7,9,15H,8,10,21H2. The zero-order chi connectivity index (χ0) is 18.1. The molecule has 0 saturated carbocycles. The van der Waals surface area contributed by atoms with Crippen molar-refractivity contribution in [2.75, 3.05) is 5.75 Å². The average Bonchev–Trinajstić information content (AvgIpc) is 3.06. The van der Waals surface area contributed by atoms with Gasteiger partial charge < -0.3 is 5.73 Å². The number of aromatic nitrogens is 3. The van der Waals surface area contributed by atoms with Gasteiger partial charge in [0.15, 0.2) is 5.82 Å². The lowest BCUT2D eigenvalue weighted by Gasteiger charge is -2.17. The zero-order valence-corrected chi connectivity index (χ0v) is 16.0. The molecule has 0 amide bonds. The maximum Gasteiger partial charge on any atom is 0.212 e. The van der Waals surface area contributed by atoms with E-state index in [0.717, 1.165) is 22.0 Å². The van der Waals surface area contributed by atoms with Crippen molar-refractivity contribution in [1.82, 2.24) is 14.9 Å². The molecule has 0 saturated heterocycles. The van der Waals surface area contributed by atoms with Gasteiger partial charge in [0, 0.05) is 16.3 Å². The van der Waals surface area contributed by atoms with Gasteiger partial charge in [-0.05, 0) is 24.1 Å². The second kappa shape index (κ2) is 7.40. The van der Waals surface area contributed by atoms with E-state index in [1.54, 1.807) is 28.6 Å². The van der Waals surface area contributed by atoms with Gasteiger partial charge in [0.2, 0.25) is 5.16 Å². The van der Waals surface area contributed by atoms with Gasteiger partial charge in [0.05, 0.1) is 16.8 Å². The van der Waals surface area contributed by atoms with Crippen molar-refractivity contribution in [2.45, 2.75) is 17.6 Å². The Balaban J connectivity index is 1.66. The van der Waals surface area contributed by atoms with Gasteiger partial charge in [0.25, 0.3) is 0 Å². The Morgan fingerprint density at radius 3 is 2.69 bits per heavy atom. The third-order valence-electron chi connectivity index (χ3n) is 4.07. The van der Waals surface area contributed by atoms with Gasteiger partial charge >= 0.3 is 0 Å². The van der Waals surface area contributed by atoms with E-state index < -0.39 is 0 Å². The summed E-state index contributed by atoms with van der Waals surface area (Å²) in [7, 11) is 0. The Kier molecular flexibility index (Phi) is 5.00. The number of benzene rings is 2. The summed E-state index contributed by atoms with van der Waals surface area (Å²) in [5, 5.41) is 15.1. The Labute approximate surface area is 165 Å². The summed E-state index contributed by atoms with van der Waals surface area (Å²) in [4.78, 5) is 0. The number of hydrogen-bond donors (Lipinski definition) is 1. The van der Waals surface area contributed by atoms with Crippen molar-refractivity contribution in [1.29, 1.82) is 0 Å². The summed E-state index contributed by atoms with van der Waals surface area (Å²) in [6.45, 7) is 0. The van der Waals surface area contributed by atoms with E-state index in [1.165, 1.54) is 0 Å². The Morgan fingerprint density at radius 2 is 1.92 bits per heavy atom. The molecule has 2 N–H and O–H groups in total. The highest BCUT2D eigenvalue weighted by molar-refractivity contribution is 7.99. The molecule has 3 aromatic rings. The first kappa shape index (κ1) is 17.5. The number of nitrogens with zero attached hydrogens (tertiary/aromatic N) is 4. The first-order chi connectivity index (χ1) is 12.6. The first-order valence-corrected chi connectivity index (χ1v) is 9.77. The third-order valence-corrected chi connectivity index (χ3v) is 5.55. The lowest BCUT2D eigenvalue weighted by atomic mass is 10.1. The van der Waals surface area contributed by atoms with Crippen molar-refractivity contribution in [3.63, 3.8) is 0 Å². The van der Waals surface area contributed by atoms with Gasteiger partial charge in [-0.25, -0.2) is 0 Å². The van der Waals surface area contributed by atoms with Crippen molar-refractivity contribution in [2.24, 2.45) is 10.8 Å². The molecule has 0 aliphatic carbocycles. The quantitative estimate of drug-likeness (QED) is 0.708. The number of halogens is 2. The molecule has 2 heterocycles. The van der Waals surface area contributed by atoms with Crippen LogP contribution in [0.3, 0.4) is 0 Å². The minimum absolute atomic E-state index is 0.303. The smallest absolute Gasteiger partial charge is 0.212 e. The van der Waals surface area contributed by atoms with Crippen LogP contribution in [0.5, 0.6) is 0 Å². The van der Waals surface area contributed by atoms with E-state index in [4.69, 9.17) is 34.0 Å². The van der Waals surface area contributed by atoms with Crippen LogP contribution < -0.4 is 5.73 Å². The maximum atomic E-state index is 6.38. The average molecular weight is 404 g/mol. The van der Waals surface area contributed by atoms with Crippen LogP contribution in [0.25, 0.3) is 0 Å². The van der Waals surface area contributed by atoms with Crippen molar-refractivity contribution < 1.29 is 0 Å². The molecule has 0 spiro atoms. The molecule has 8 heteroatoms. The summed E-state index contributed by atoms with van der Waals surface area (Å²) in [5.41, 5.74) is 9.23. The molecule has 132 valence electrons. The van der Waals surface area contributed by atoms with Crippen LogP contribution >= 0.6 is 35.0 Å². The van der Waals surface area contributed by atoms with Gasteiger partial charge in [-0.2, -0.15) is 9.78 Å². The van der Waals surface area contributed by atoms with Crippen LogP contribution in [0.1, 0.15) is 23.0 Å². The van der Waals surface area contributed by atoms with Crippen molar-refractivity contribution in [3.05, 3.63) is 75.5 Å². The number of hydrogen-bond acceptors (Lipinski definition) is 5.